The van der Waals surface area contributed by atoms with Crippen molar-refractivity contribution in [1.29, 1.82) is 0 Å². The van der Waals surface area contributed by atoms with Gasteiger partial charge in [-0.15, -0.1) is 0 Å². The van der Waals surface area contributed by atoms with Crippen LogP contribution in [0.25, 0.3) is 0 Å². The average Bonchev–Trinajstić information content (AvgIpc) is 2.75. The Labute approximate surface area is 136 Å². The van der Waals surface area contributed by atoms with Gasteiger partial charge < -0.3 is 9.80 Å². The second-order valence-corrected chi connectivity index (χ2v) is 6.01. The van der Waals surface area contributed by atoms with Gasteiger partial charge in [0.25, 0.3) is 0 Å². The fraction of sp³-hybridized carbons (Fsp3) is 0.529. The minimum Gasteiger partial charge on any atom is -0.342 e. The van der Waals surface area contributed by atoms with Crippen molar-refractivity contribution in [2.45, 2.75) is 19.9 Å². The Morgan fingerprint density at radius 3 is 2.48 bits per heavy atom. The van der Waals surface area contributed by atoms with E-state index in [1.807, 2.05) is 4.90 Å². The van der Waals surface area contributed by atoms with E-state index in [1.54, 1.807) is 31.0 Å². The highest BCUT2D eigenvalue weighted by atomic mass is 19.1. The van der Waals surface area contributed by atoms with Gasteiger partial charge in [0, 0.05) is 46.7 Å². The van der Waals surface area contributed by atoms with Crippen molar-refractivity contribution in [3.05, 3.63) is 35.6 Å². The third-order valence-electron chi connectivity index (χ3n) is 4.15. The van der Waals surface area contributed by atoms with E-state index in [0.717, 1.165) is 31.6 Å². The minimum absolute atomic E-state index is 0.0330. The Morgan fingerprint density at radius 1 is 1.13 bits per heavy atom. The van der Waals surface area contributed by atoms with Crippen molar-refractivity contribution in [2.24, 2.45) is 0 Å². The summed E-state index contributed by atoms with van der Waals surface area (Å²) in [6.45, 7) is 5.36. The first-order valence-electron chi connectivity index (χ1n) is 7.92. The first kappa shape index (κ1) is 17.4. The number of halogens is 1. The van der Waals surface area contributed by atoms with E-state index in [-0.39, 0.29) is 17.6 Å². The SMILES string of the molecule is CC(=O)N1CCCN(CC(=O)N(C)Cc2ccc(F)cc2)CC1. The molecule has 2 amide bonds. The summed E-state index contributed by atoms with van der Waals surface area (Å²) in [6, 6.07) is 6.18. The lowest BCUT2D eigenvalue weighted by atomic mass is 10.2. The molecule has 5 nitrogen and oxygen atoms in total. The topological polar surface area (TPSA) is 43.9 Å². The monoisotopic (exact) mass is 321 g/mol. The number of hydrogen-bond acceptors (Lipinski definition) is 3. The zero-order valence-corrected chi connectivity index (χ0v) is 13.8. The number of carbonyl (C=O) groups excluding carboxylic acids is 2. The Balaban J connectivity index is 1.83. The molecule has 0 atom stereocenters. The number of hydrogen-bond donors (Lipinski definition) is 0. The standard InChI is InChI=1S/C17H24FN3O2/c1-14(22)21-9-3-8-20(10-11-21)13-17(23)19(2)12-15-4-6-16(18)7-5-15/h4-7H,3,8-13H2,1-2H3. The van der Waals surface area contributed by atoms with Gasteiger partial charge in [-0.05, 0) is 24.1 Å². The van der Waals surface area contributed by atoms with Crippen LogP contribution in [0.2, 0.25) is 0 Å². The molecule has 0 aliphatic carbocycles. The maximum absolute atomic E-state index is 12.9. The molecule has 0 bridgehead atoms. The highest BCUT2D eigenvalue weighted by Crippen LogP contribution is 2.08. The van der Waals surface area contributed by atoms with Crippen LogP contribution in [0.5, 0.6) is 0 Å². The van der Waals surface area contributed by atoms with Crippen LogP contribution in [-0.2, 0) is 16.1 Å². The highest BCUT2D eigenvalue weighted by Gasteiger charge is 2.19. The predicted octanol–water partition coefficient (Wildman–Crippen LogP) is 1.34. The number of amides is 2. The molecule has 0 saturated carbocycles. The van der Waals surface area contributed by atoms with Crippen LogP contribution in [0.4, 0.5) is 4.39 Å². The number of rotatable bonds is 4. The van der Waals surface area contributed by atoms with Gasteiger partial charge in [-0.25, -0.2) is 4.39 Å². The van der Waals surface area contributed by atoms with Crippen molar-refractivity contribution in [3.8, 4) is 0 Å². The second-order valence-electron chi connectivity index (χ2n) is 6.01. The van der Waals surface area contributed by atoms with Crippen LogP contribution in [0.1, 0.15) is 18.9 Å². The van der Waals surface area contributed by atoms with Gasteiger partial charge in [0.1, 0.15) is 5.82 Å². The number of nitrogens with zero attached hydrogens (tertiary/aromatic N) is 3. The van der Waals surface area contributed by atoms with Gasteiger partial charge in [0.15, 0.2) is 0 Å². The molecule has 0 aromatic heterocycles. The third kappa shape index (κ3) is 5.32. The maximum Gasteiger partial charge on any atom is 0.236 e. The maximum atomic E-state index is 12.9. The quantitative estimate of drug-likeness (QED) is 0.840. The normalized spacial score (nSPS) is 16.0. The first-order chi connectivity index (χ1) is 11.0. The summed E-state index contributed by atoms with van der Waals surface area (Å²) in [6.07, 6.45) is 0.883. The molecular weight excluding hydrogens is 297 g/mol. The summed E-state index contributed by atoms with van der Waals surface area (Å²) < 4.78 is 12.9. The second kappa shape index (κ2) is 8.06. The third-order valence-corrected chi connectivity index (χ3v) is 4.15. The van der Waals surface area contributed by atoms with Gasteiger partial charge in [0.05, 0.1) is 6.54 Å². The van der Waals surface area contributed by atoms with E-state index in [4.69, 9.17) is 0 Å². The first-order valence-corrected chi connectivity index (χ1v) is 7.92. The smallest absolute Gasteiger partial charge is 0.236 e. The molecule has 1 heterocycles. The molecule has 0 radical (unpaired) electrons. The number of carbonyl (C=O) groups is 2. The molecule has 126 valence electrons. The molecule has 23 heavy (non-hydrogen) atoms. The molecule has 1 aromatic rings. The fourth-order valence-corrected chi connectivity index (χ4v) is 2.71. The van der Waals surface area contributed by atoms with Gasteiger partial charge >= 0.3 is 0 Å². The van der Waals surface area contributed by atoms with Crippen LogP contribution in [0, 0.1) is 5.82 Å². The zero-order chi connectivity index (χ0) is 16.8. The van der Waals surface area contributed by atoms with Crippen molar-refractivity contribution < 1.29 is 14.0 Å². The summed E-state index contributed by atoms with van der Waals surface area (Å²) in [5.74, 6) is -0.153. The molecule has 0 unspecified atom stereocenters. The Hall–Kier alpha value is -1.95. The van der Waals surface area contributed by atoms with Crippen LogP contribution < -0.4 is 0 Å². The van der Waals surface area contributed by atoms with Gasteiger partial charge in [0.2, 0.25) is 11.8 Å². The van der Waals surface area contributed by atoms with Gasteiger partial charge in [-0.2, -0.15) is 0 Å². The van der Waals surface area contributed by atoms with Crippen molar-refractivity contribution >= 4 is 11.8 Å². The fourth-order valence-electron chi connectivity index (χ4n) is 2.71. The molecule has 1 saturated heterocycles. The summed E-state index contributed by atoms with van der Waals surface area (Å²) in [4.78, 5) is 29.3. The van der Waals surface area contributed by atoms with E-state index >= 15 is 0 Å². The molecule has 0 N–H and O–H groups in total. The number of benzene rings is 1. The highest BCUT2D eigenvalue weighted by molar-refractivity contribution is 5.78. The number of likely N-dealkylation sites (N-methyl/N-ethyl adjacent to an activating group) is 1. The van der Waals surface area contributed by atoms with E-state index < -0.39 is 0 Å². The molecule has 1 aromatic carbocycles. The Bertz CT molecular complexity index is 547. The van der Waals surface area contributed by atoms with Crippen LogP contribution in [0.3, 0.4) is 0 Å². The molecule has 1 fully saturated rings. The lowest BCUT2D eigenvalue weighted by Gasteiger charge is -2.24. The molecule has 1 aliphatic rings. The van der Waals surface area contributed by atoms with Crippen molar-refractivity contribution in [3.63, 3.8) is 0 Å². The van der Waals surface area contributed by atoms with E-state index in [9.17, 15) is 14.0 Å². The van der Waals surface area contributed by atoms with Crippen molar-refractivity contribution in [1.82, 2.24) is 14.7 Å². The van der Waals surface area contributed by atoms with E-state index in [0.29, 0.717) is 19.6 Å². The average molecular weight is 321 g/mol. The molecular formula is C17H24FN3O2. The molecule has 6 heteroatoms. The lowest BCUT2D eigenvalue weighted by molar-refractivity contribution is -0.131. The van der Waals surface area contributed by atoms with Gasteiger partial charge in [-0.3, -0.25) is 14.5 Å². The zero-order valence-electron chi connectivity index (χ0n) is 13.8. The largest absolute Gasteiger partial charge is 0.342 e. The predicted molar refractivity (Wildman–Crippen MR) is 86.2 cm³/mol. The molecule has 2 rings (SSSR count). The van der Waals surface area contributed by atoms with Crippen molar-refractivity contribution in [2.75, 3.05) is 39.8 Å². The summed E-state index contributed by atoms with van der Waals surface area (Å²) in [5, 5.41) is 0. The summed E-state index contributed by atoms with van der Waals surface area (Å²) in [7, 11) is 1.76. The van der Waals surface area contributed by atoms with E-state index in [1.165, 1.54) is 12.1 Å². The van der Waals surface area contributed by atoms with E-state index in [2.05, 4.69) is 4.90 Å². The molecule has 1 aliphatic heterocycles. The van der Waals surface area contributed by atoms with Crippen LogP contribution in [-0.4, -0.2) is 66.3 Å². The summed E-state index contributed by atoms with van der Waals surface area (Å²) >= 11 is 0. The van der Waals surface area contributed by atoms with Crippen LogP contribution >= 0.6 is 0 Å². The van der Waals surface area contributed by atoms with Crippen LogP contribution in [0.15, 0.2) is 24.3 Å². The Kier molecular flexibility index (Phi) is 6.10. The van der Waals surface area contributed by atoms with Gasteiger partial charge in [-0.1, -0.05) is 12.1 Å². The molecule has 0 spiro atoms. The summed E-state index contributed by atoms with van der Waals surface area (Å²) in [5.41, 5.74) is 0.904. The lowest BCUT2D eigenvalue weighted by Crippen LogP contribution is -2.40. The Morgan fingerprint density at radius 2 is 1.83 bits per heavy atom. The minimum atomic E-state index is -0.276.